The maximum Gasteiger partial charge on any atom is 0.453 e. The fourth-order valence-electron chi connectivity index (χ4n) is 3.55. The number of hydrogen-bond donors (Lipinski definition) is 0. The van der Waals surface area contributed by atoms with Gasteiger partial charge in [-0.25, -0.2) is 9.18 Å². The van der Waals surface area contributed by atoms with E-state index in [2.05, 4.69) is 0 Å². The number of fused-ring (bicyclic) bond motifs is 1. The molecule has 0 aliphatic carbocycles. The molecular weight excluding hydrogens is 492 g/mol. The van der Waals surface area contributed by atoms with E-state index >= 15 is 0 Å². The minimum atomic E-state index is -5.04. The minimum absolute atomic E-state index is 0.0765. The van der Waals surface area contributed by atoms with Gasteiger partial charge in [-0.2, -0.15) is 13.2 Å². The van der Waals surface area contributed by atoms with Crippen LogP contribution in [-0.2, 0) is 11.0 Å². The lowest BCUT2D eigenvalue weighted by Crippen LogP contribution is -2.16. The molecular formula is C28H20F4O5. The van der Waals surface area contributed by atoms with Gasteiger partial charge in [0.2, 0.25) is 11.2 Å². The van der Waals surface area contributed by atoms with Crippen molar-refractivity contribution < 1.29 is 36.2 Å². The Labute approximate surface area is 208 Å². The minimum Gasteiger partial charge on any atom is -0.449 e. The van der Waals surface area contributed by atoms with Gasteiger partial charge in [-0.1, -0.05) is 44.2 Å². The molecule has 0 bridgehead atoms. The second kappa shape index (κ2) is 10.3. The molecule has 0 saturated heterocycles. The van der Waals surface area contributed by atoms with Crippen LogP contribution in [0, 0.1) is 5.82 Å². The predicted molar refractivity (Wildman–Crippen MR) is 129 cm³/mol. The zero-order valence-electron chi connectivity index (χ0n) is 19.6. The van der Waals surface area contributed by atoms with Gasteiger partial charge in [0, 0.05) is 12.1 Å². The van der Waals surface area contributed by atoms with Crippen molar-refractivity contribution in [2.75, 3.05) is 0 Å². The highest BCUT2D eigenvalue weighted by Crippen LogP contribution is 2.40. The van der Waals surface area contributed by atoms with Crippen LogP contribution in [0.5, 0.6) is 17.2 Å². The first-order valence-electron chi connectivity index (χ1n) is 11.1. The van der Waals surface area contributed by atoms with Gasteiger partial charge in [-0.15, -0.1) is 0 Å². The highest BCUT2D eigenvalue weighted by molar-refractivity contribution is 5.89. The molecule has 0 radical (unpaired) electrons. The summed E-state index contributed by atoms with van der Waals surface area (Å²) in [6.45, 7) is 3.68. The topological polar surface area (TPSA) is 65.7 Å². The van der Waals surface area contributed by atoms with E-state index in [0.717, 1.165) is 12.1 Å². The Morgan fingerprint density at radius 3 is 2.38 bits per heavy atom. The predicted octanol–water partition coefficient (Wildman–Crippen LogP) is 7.49. The number of halogens is 4. The molecule has 4 rings (SSSR count). The van der Waals surface area contributed by atoms with Gasteiger partial charge in [0.15, 0.2) is 0 Å². The van der Waals surface area contributed by atoms with Gasteiger partial charge in [0.1, 0.15) is 22.9 Å². The van der Waals surface area contributed by atoms with Crippen LogP contribution >= 0.6 is 0 Å². The first-order chi connectivity index (χ1) is 17.5. The smallest absolute Gasteiger partial charge is 0.449 e. The number of ether oxygens (including phenoxy) is 2. The van der Waals surface area contributed by atoms with E-state index in [1.807, 2.05) is 13.8 Å². The van der Waals surface area contributed by atoms with E-state index in [1.165, 1.54) is 48.5 Å². The van der Waals surface area contributed by atoms with Crippen LogP contribution < -0.4 is 14.9 Å². The van der Waals surface area contributed by atoms with E-state index < -0.39 is 40.5 Å². The largest absolute Gasteiger partial charge is 0.453 e. The van der Waals surface area contributed by atoms with Gasteiger partial charge in [-0.05, 0) is 53.5 Å². The van der Waals surface area contributed by atoms with Gasteiger partial charge < -0.3 is 13.9 Å². The summed E-state index contributed by atoms with van der Waals surface area (Å²) in [5.74, 6) is -3.99. The monoisotopic (exact) mass is 512 g/mol. The van der Waals surface area contributed by atoms with Crippen molar-refractivity contribution >= 4 is 23.0 Å². The molecule has 0 fully saturated rings. The molecule has 0 aliphatic heterocycles. The molecule has 0 spiro atoms. The Bertz CT molecular complexity index is 1530. The molecule has 0 amide bonds. The zero-order chi connectivity index (χ0) is 26.7. The van der Waals surface area contributed by atoms with E-state index in [1.54, 1.807) is 18.2 Å². The summed E-state index contributed by atoms with van der Waals surface area (Å²) < 4.78 is 70.3. The average molecular weight is 512 g/mol. The summed E-state index contributed by atoms with van der Waals surface area (Å²) in [4.78, 5) is 25.2. The molecule has 0 aliphatic rings. The molecule has 0 saturated carbocycles. The Kier molecular flexibility index (Phi) is 7.15. The van der Waals surface area contributed by atoms with Crippen LogP contribution in [0.15, 0.2) is 82.0 Å². The summed E-state index contributed by atoms with van der Waals surface area (Å²) in [6, 6.07) is 15.3. The van der Waals surface area contributed by atoms with Gasteiger partial charge in [-0.3, -0.25) is 4.79 Å². The molecule has 190 valence electrons. The lowest BCUT2D eigenvalue weighted by atomic mass is 10.0. The van der Waals surface area contributed by atoms with Crippen LogP contribution in [0.2, 0.25) is 0 Å². The van der Waals surface area contributed by atoms with Crippen LogP contribution in [0.1, 0.15) is 36.7 Å². The lowest BCUT2D eigenvalue weighted by Gasteiger charge is -2.16. The third-order valence-electron chi connectivity index (χ3n) is 5.33. The number of esters is 1. The zero-order valence-corrected chi connectivity index (χ0v) is 19.6. The van der Waals surface area contributed by atoms with E-state index in [4.69, 9.17) is 13.9 Å². The van der Waals surface area contributed by atoms with Crippen LogP contribution in [0.4, 0.5) is 17.6 Å². The second-order valence-electron chi connectivity index (χ2n) is 8.35. The van der Waals surface area contributed by atoms with Crippen LogP contribution in [0.3, 0.4) is 0 Å². The van der Waals surface area contributed by atoms with E-state index in [-0.39, 0.29) is 22.8 Å². The summed E-state index contributed by atoms with van der Waals surface area (Å²) in [7, 11) is 0. The van der Waals surface area contributed by atoms with Crippen molar-refractivity contribution in [1.82, 2.24) is 0 Å². The van der Waals surface area contributed by atoms with Crippen molar-refractivity contribution in [3.8, 4) is 17.2 Å². The quantitative estimate of drug-likeness (QED) is 0.116. The van der Waals surface area contributed by atoms with Crippen LogP contribution in [0.25, 0.3) is 17.0 Å². The molecule has 37 heavy (non-hydrogen) atoms. The molecule has 0 N–H and O–H groups in total. The molecule has 1 heterocycles. The van der Waals surface area contributed by atoms with Crippen LogP contribution in [-0.4, -0.2) is 5.97 Å². The summed E-state index contributed by atoms with van der Waals surface area (Å²) >= 11 is 0. The standard InChI is InChI=1S/C28H20F4O5/c1-16(2)20-5-3-4-6-22(20)36-26-25(34)21-13-12-19(15-23(21)37-27(26)28(30,31)32)35-24(33)14-9-17-7-10-18(29)11-8-17/h3-16H,1-2H3/b14-9+. The maximum absolute atomic E-state index is 13.9. The number of carbonyl (C=O) groups excluding carboxylic acids is 1. The SMILES string of the molecule is CC(C)c1ccccc1Oc1c(C(F)(F)F)oc2cc(OC(=O)/C=C/c3ccc(F)cc3)ccc2c1=O. The molecule has 1 aromatic heterocycles. The Morgan fingerprint density at radius 2 is 1.70 bits per heavy atom. The maximum atomic E-state index is 13.9. The summed E-state index contributed by atoms with van der Waals surface area (Å²) in [6.07, 6.45) is -2.60. The number of carbonyl (C=O) groups is 1. The number of benzene rings is 3. The Hall–Kier alpha value is -4.40. The fraction of sp³-hybridized carbons (Fsp3) is 0.143. The molecule has 5 nitrogen and oxygen atoms in total. The number of para-hydroxylation sites is 1. The third kappa shape index (κ3) is 5.88. The van der Waals surface area contributed by atoms with Crippen molar-refractivity contribution in [2.45, 2.75) is 25.9 Å². The van der Waals surface area contributed by atoms with Crippen molar-refractivity contribution in [3.63, 3.8) is 0 Å². The summed E-state index contributed by atoms with van der Waals surface area (Å²) in [5.41, 5.74) is -0.314. The number of hydrogen-bond acceptors (Lipinski definition) is 5. The second-order valence-corrected chi connectivity index (χ2v) is 8.35. The highest BCUT2D eigenvalue weighted by Gasteiger charge is 2.40. The van der Waals surface area contributed by atoms with E-state index in [9.17, 15) is 27.2 Å². The Morgan fingerprint density at radius 1 is 1.00 bits per heavy atom. The van der Waals surface area contributed by atoms with Gasteiger partial charge in [0.25, 0.3) is 5.76 Å². The fourth-order valence-corrected chi connectivity index (χ4v) is 3.55. The normalized spacial score (nSPS) is 11.9. The molecule has 0 atom stereocenters. The molecule has 3 aromatic carbocycles. The third-order valence-corrected chi connectivity index (χ3v) is 5.33. The first-order valence-corrected chi connectivity index (χ1v) is 11.1. The summed E-state index contributed by atoms with van der Waals surface area (Å²) in [5, 5.41) is -0.188. The average Bonchev–Trinajstić information content (AvgIpc) is 2.84. The van der Waals surface area contributed by atoms with Gasteiger partial charge in [0.05, 0.1) is 5.39 Å². The molecule has 0 unspecified atom stereocenters. The number of rotatable bonds is 6. The van der Waals surface area contributed by atoms with Crippen molar-refractivity contribution in [3.05, 3.63) is 106 Å². The molecule has 9 heteroatoms. The van der Waals surface area contributed by atoms with Crippen molar-refractivity contribution in [2.24, 2.45) is 0 Å². The van der Waals surface area contributed by atoms with E-state index in [0.29, 0.717) is 11.1 Å². The molecule has 4 aromatic rings. The first kappa shape index (κ1) is 25.7. The lowest BCUT2D eigenvalue weighted by molar-refractivity contribution is -0.154. The number of alkyl halides is 3. The van der Waals surface area contributed by atoms with Gasteiger partial charge >= 0.3 is 12.1 Å². The van der Waals surface area contributed by atoms with Crippen molar-refractivity contribution in [1.29, 1.82) is 0 Å². The highest BCUT2D eigenvalue weighted by atomic mass is 19.4. The Balaban J connectivity index is 1.68.